The first kappa shape index (κ1) is 28.9. The number of nitrogens with one attached hydrogen (secondary N) is 1. The third kappa shape index (κ3) is 8.40. The summed E-state index contributed by atoms with van der Waals surface area (Å²) in [4.78, 5) is 27.7. The molecular formula is C25H33Cl2N3O4S. The first-order valence-electron chi connectivity index (χ1n) is 11.4. The van der Waals surface area contributed by atoms with Crippen LogP contribution in [0.15, 0.2) is 42.5 Å². The third-order valence-electron chi connectivity index (χ3n) is 5.50. The number of carbonyl (C=O) groups excluding carboxylic acids is 2. The highest BCUT2D eigenvalue weighted by Gasteiger charge is 2.30. The summed E-state index contributed by atoms with van der Waals surface area (Å²) in [5.41, 5.74) is 2.09. The Labute approximate surface area is 218 Å². The second-order valence-corrected chi connectivity index (χ2v) is 11.6. The van der Waals surface area contributed by atoms with Crippen LogP contribution in [-0.2, 0) is 32.6 Å². The van der Waals surface area contributed by atoms with E-state index in [-0.39, 0.29) is 18.4 Å². The number of hydrogen-bond donors (Lipinski definition) is 1. The second-order valence-electron chi connectivity index (χ2n) is 8.87. The van der Waals surface area contributed by atoms with Crippen LogP contribution in [0.4, 0.5) is 5.69 Å². The van der Waals surface area contributed by atoms with Gasteiger partial charge in [-0.1, -0.05) is 62.2 Å². The predicted octanol–water partition coefficient (Wildman–Crippen LogP) is 4.51. The van der Waals surface area contributed by atoms with Gasteiger partial charge in [0.25, 0.3) is 0 Å². The molecule has 2 aromatic carbocycles. The SMILES string of the molecule is CCc1ccc(N(CC(=O)N(Cc2ccc(Cl)c(Cl)c2)[C@H](C)C(=O)NCC(C)C)S(C)(=O)=O)cc1. The van der Waals surface area contributed by atoms with Crippen molar-refractivity contribution in [2.45, 2.75) is 46.7 Å². The molecule has 0 aliphatic carbocycles. The van der Waals surface area contributed by atoms with E-state index in [1.165, 1.54) is 4.90 Å². The largest absolute Gasteiger partial charge is 0.354 e. The zero-order valence-electron chi connectivity index (χ0n) is 20.7. The maximum Gasteiger partial charge on any atom is 0.244 e. The zero-order valence-corrected chi connectivity index (χ0v) is 23.0. The van der Waals surface area contributed by atoms with Crippen LogP contribution in [0.1, 0.15) is 38.8 Å². The van der Waals surface area contributed by atoms with E-state index in [1.54, 1.807) is 37.3 Å². The van der Waals surface area contributed by atoms with Gasteiger partial charge in [0.05, 0.1) is 22.0 Å². The number of nitrogens with zero attached hydrogens (tertiary/aromatic N) is 2. The van der Waals surface area contributed by atoms with E-state index in [0.717, 1.165) is 22.5 Å². The Morgan fingerprint density at radius 2 is 1.57 bits per heavy atom. The summed E-state index contributed by atoms with van der Waals surface area (Å²) in [6.07, 6.45) is 1.86. The lowest BCUT2D eigenvalue weighted by molar-refractivity contribution is -0.139. The Hall–Kier alpha value is -2.29. The Bertz CT molecular complexity index is 1140. The minimum absolute atomic E-state index is 0.0539. The Morgan fingerprint density at radius 3 is 2.09 bits per heavy atom. The van der Waals surface area contributed by atoms with Crippen molar-refractivity contribution in [2.75, 3.05) is 23.7 Å². The van der Waals surface area contributed by atoms with E-state index in [9.17, 15) is 18.0 Å². The van der Waals surface area contributed by atoms with Gasteiger partial charge in [-0.25, -0.2) is 8.42 Å². The molecule has 0 aliphatic rings. The molecule has 2 rings (SSSR count). The first-order valence-corrected chi connectivity index (χ1v) is 14.0. The summed E-state index contributed by atoms with van der Waals surface area (Å²) < 4.78 is 26.3. The molecule has 0 saturated carbocycles. The van der Waals surface area contributed by atoms with Crippen LogP contribution in [-0.4, -0.2) is 50.5 Å². The van der Waals surface area contributed by atoms with Gasteiger partial charge in [-0.2, -0.15) is 0 Å². The van der Waals surface area contributed by atoms with E-state index in [1.807, 2.05) is 32.9 Å². The van der Waals surface area contributed by atoms with Crippen molar-refractivity contribution in [3.05, 3.63) is 63.6 Å². The fourth-order valence-corrected chi connectivity index (χ4v) is 4.55. The normalized spacial score (nSPS) is 12.3. The molecule has 0 fully saturated rings. The summed E-state index contributed by atoms with van der Waals surface area (Å²) in [6.45, 7) is 7.61. The van der Waals surface area contributed by atoms with Crippen LogP contribution in [0.25, 0.3) is 0 Å². The van der Waals surface area contributed by atoms with E-state index < -0.39 is 28.5 Å². The minimum Gasteiger partial charge on any atom is -0.354 e. The van der Waals surface area contributed by atoms with Gasteiger partial charge in [0, 0.05) is 13.1 Å². The number of rotatable bonds is 11. The quantitative estimate of drug-likeness (QED) is 0.453. The zero-order chi connectivity index (χ0) is 26.3. The summed E-state index contributed by atoms with van der Waals surface area (Å²) in [5.74, 6) is -0.615. The second kappa shape index (κ2) is 12.6. The molecule has 0 spiro atoms. The summed E-state index contributed by atoms with van der Waals surface area (Å²) in [5, 5.41) is 3.53. The number of amides is 2. The molecule has 35 heavy (non-hydrogen) atoms. The fraction of sp³-hybridized carbons (Fsp3) is 0.440. The van der Waals surface area contributed by atoms with Gasteiger partial charge in [0.1, 0.15) is 12.6 Å². The molecular weight excluding hydrogens is 509 g/mol. The Balaban J connectivity index is 2.38. The molecule has 192 valence electrons. The monoisotopic (exact) mass is 541 g/mol. The Morgan fingerprint density at radius 1 is 0.971 bits per heavy atom. The van der Waals surface area contributed by atoms with Gasteiger partial charge >= 0.3 is 0 Å². The van der Waals surface area contributed by atoms with Gasteiger partial charge in [-0.3, -0.25) is 13.9 Å². The number of anilines is 1. The number of sulfonamides is 1. The highest BCUT2D eigenvalue weighted by Crippen LogP contribution is 2.24. The van der Waals surface area contributed by atoms with Crippen molar-refractivity contribution in [3.63, 3.8) is 0 Å². The molecule has 2 aromatic rings. The molecule has 0 heterocycles. The molecule has 10 heteroatoms. The molecule has 1 N–H and O–H groups in total. The van der Waals surface area contributed by atoms with Crippen molar-refractivity contribution in [2.24, 2.45) is 5.92 Å². The number of benzene rings is 2. The molecule has 0 radical (unpaired) electrons. The maximum atomic E-state index is 13.5. The molecule has 1 atom stereocenters. The van der Waals surface area contributed by atoms with Gasteiger partial charge in [-0.05, 0) is 54.7 Å². The van der Waals surface area contributed by atoms with Gasteiger partial charge in [0.15, 0.2) is 0 Å². The molecule has 0 aromatic heterocycles. The number of carbonyl (C=O) groups is 2. The summed E-state index contributed by atoms with van der Waals surface area (Å²) in [6, 6.07) is 11.1. The van der Waals surface area contributed by atoms with Gasteiger partial charge in [0.2, 0.25) is 21.8 Å². The van der Waals surface area contributed by atoms with Crippen molar-refractivity contribution in [1.29, 1.82) is 0 Å². The van der Waals surface area contributed by atoms with Crippen molar-refractivity contribution < 1.29 is 18.0 Å². The summed E-state index contributed by atoms with van der Waals surface area (Å²) >= 11 is 12.2. The van der Waals surface area contributed by atoms with E-state index in [4.69, 9.17) is 23.2 Å². The first-order chi connectivity index (χ1) is 16.3. The topological polar surface area (TPSA) is 86.8 Å². The van der Waals surface area contributed by atoms with Gasteiger partial charge < -0.3 is 10.2 Å². The van der Waals surface area contributed by atoms with E-state index in [2.05, 4.69) is 5.32 Å². The lowest BCUT2D eigenvalue weighted by atomic mass is 10.1. The third-order valence-corrected chi connectivity index (χ3v) is 7.38. The molecule has 0 saturated heterocycles. The van der Waals surface area contributed by atoms with Crippen LogP contribution in [0.3, 0.4) is 0 Å². The smallest absolute Gasteiger partial charge is 0.244 e. The average molecular weight is 543 g/mol. The standard InChI is InChI=1S/C25H33Cl2N3O4S/c1-6-19-7-10-21(11-8-19)30(35(5,33)34)16-24(31)29(18(4)25(32)28-14-17(2)3)15-20-9-12-22(26)23(27)13-20/h7-13,17-18H,6,14-16H2,1-5H3,(H,28,32)/t18-/m1/s1. The van der Waals surface area contributed by atoms with Crippen LogP contribution in [0, 0.1) is 5.92 Å². The molecule has 0 unspecified atom stereocenters. The number of aryl methyl sites for hydroxylation is 1. The maximum absolute atomic E-state index is 13.5. The fourth-order valence-electron chi connectivity index (χ4n) is 3.38. The minimum atomic E-state index is -3.77. The molecule has 0 aliphatic heterocycles. The highest BCUT2D eigenvalue weighted by atomic mass is 35.5. The van der Waals surface area contributed by atoms with Crippen molar-refractivity contribution in [1.82, 2.24) is 10.2 Å². The van der Waals surface area contributed by atoms with Crippen LogP contribution in [0.2, 0.25) is 10.0 Å². The van der Waals surface area contributed by atoms with Crippen LogP contribution >= 0.6 is 23.2 Å². The number of hydrogen-bond acceptors (Lipinski definition) is 4. The van der Waals surface area contributed by atoms with E-state index >= 15 is 0 Å². The molecule has 0 bridgehead atoms. The van der Waals surface area contributed by atoms with Crippen LogP contribution < -0.4 is 9.62 Å². The predicted molar refractivity (Wildman–Crippen MR) is 142 cm³/mol. The average Bonchev–Trinajstić information content (AvgIpc) is 2.80. The Kier molecular flexibility index (Phi) is 10.4. The molecule has 7 nitrogen and oxygen atoms in total. The molecule has 2 amide bonds. The van der Waals surface area contributed by atoms with Gasteiger partial charge in [-0.15, -0.1) is 0 Å². The van der Waals surface area contributed by atoms with Crippen LogP contribution in [0.5, 0.6) is 0 Å². The highest BCUT2D eigenvalue weighted by molar-refractivity contribution is 7.92. The lowest BCUT2D eigenvalue weighted by Gasteiger charge is -2.31. The van der Waals surface area contributed by atoms with Crippen molar-refractivity contribution in [3.8, 4) is 0 Å². The van der Waals surface area contributed by atoms with Crippen molar-refractivity contribution >= 4 is 50.7 Å². The summed E-state index contributed by atoms with van der Waals surface area (Å²) in [7, 11) is -3.77. The van der Waals surface area contributed by atoms with E-state index in [0.29, 0.717) is 27.8 Å². The lowest BCUT2D eigenvalue weighted by Crippen LogP contribution is -2.51. The number of halogens is 2.